The monoisotopic (exact) mass is 436 g/mol. The van der Waals surface area contributed by atoms with Gasteiger partial charge in [-0.1, -0.05) is 17.7 Å². The molecule has 0 spiro atoms. The second-order valence-electron chi connectivity index (χ2n) is 5.32. The first kappa shape index (κ1) is 17.9. The van der Waals surface area contributed by atoms with Gasteiger partial charge in [0.25, 0.3) is 5.91 Å². The number of anilines is 1. The van der Waals surface area contributed by atoms with E-state index in [0.717, 1.165) is 27.0 Å². The third-order valence-electron chi connectivity index (χ3n) is 3.54. The Balaban J connectivity index is 1.79. The summed E-state index contributed by atoms with van der Waals surface area (Å²) in [6.07, 6.45) is 0. The largest absolute Gasteiger partial charge is 0.496 e. The smallest absolute Gasteiger partial charge is 0.258 e. The molecule has 0 aliphatic rings. The number of hydrogen-bond acceptors (Lipinski definition) is 4. The van der Waals surface area contributed by atoms with E-state index in [0.29, 0.717) is 15.7 Å². The zero-order valence-electron chi connectivity index (χ0n) is 13.5. The van der Waals surface area contributed by atoms with Crippen LogP contribution in [0.2, 0.25) is 5.02 Å². The Morgan fingerprint density at radius 2 is 2.08 bits per heavy atom. The molecule has 3 aromatic rings. The zero-order valence-corrected chi connectivity index (χ0v) is 16.6. The van der Waals surface area contributed by atoms with Crippen molar-refractivity contribution >= 4 is 49.9 Å². The van der Waals surface area contributed by atoms with E-state index in [9.17, 15) is 4.79 Å². The van der Waals surface area contributed by atoms with Gasteiger partial charge >= 0.3 is 0 Å². The molecule has 0 bridgehead atoms. The van der Waals surface area contributed by atoms with Gasteiger partial charge in [0, 0.05) is 10.9 Å². The predicted molar refractivity (Wildman–Crippen MR) is 106 cm³/mol. The minimum Gasteiger partial charge on any atom is -0.496 e. The van der Waals surface area contributed by atoms with Crippen LogP contribution >= 0.6 is 38.9 Å². The number of hydrogen-bond donors (Lipinski definition) is 1. The molecule has 3 rings (SSSR count). The molecule has 2 aromatic carbocycles. The summed E-state index contributed by atoms with van der Waals surface area (Å²) in [5.74, 6) is 0.475. The fourth-order valence-electron chi connectivity index (χ4n) is 2.26. The SMILES string of the molecule is COc1ccc(-c2csc(NC(=O)c3ccc(C)cc3Cl)n2)cc1Br. The normalized spacial score (nSPS) is 10.6. The van der Waals surface area contributed by atoms with E-state index in [2.05, 4.69) is 26.2 Å². The minimum atomic E-state index is -0.276. The summed E-state index contributed by atoms with van der Waals surface area (Å²) < 4.78 is 6.07. The molecule has 4 nitrogen and oxygen atoms in total. The van der Waals surface area contributed by atoms with Crippen molar-refractivity contribution in [3.63, 3.8) is 0 Å². The average Bonchev–Trinajstić information content (AvgIpc) is 3.03. The summed E-state index contributed by atoms with van der Waals surface area (Å²) in [5, 5.41) is 5.62. The van der Waals surface area contributed by atoms with Crippen molar-refractivity contribution in [2.24, 2.45) is 0 Å². The average molecular weight is 438 g/mol. The molecule has 0 unspecified atom stereocenters. The molecule has 0 fully saturated rings. The van der Waals surface area contributed by atoms with Crippen molar-refractivity contribution in [2.45, 2.75) is 6.92 Å². The number of amides is 1. The number of nitrogens with zero attached hydrogens (tertiary/aromatic N) is 1. The highest BCUT2D eigenvalue weighted by Gasteiger charge is 2.13. The molecule has 1 aromatic heterocycles. The Morgan fingerprint density at radius 1 is 1.28 bits per heavy atom. The maximum atomic E-state index is 12.4. The van der Waals surface area contributed by atoms with E-state index in [1.54, 1.807) is 19.2 Å². The van der Waals surface area contributed by atoms with Crippen LogP contribution in [0.3, 0.4) is 0 Å². The lowest BCUT2D eigenvalue weighted by molar-refractivity contribution is 0.102. The van der Waals surface area contributed by atoms with E-state index in [4.69, 9.17) is 16.3 Å². The first-order valence-electron chi connectivity index (χ1n) is 7.35. The number of benzene rings is 2. The number of nitrogens with one attached hydrogen (secondary N) is 1. The van der Waals surface area contributed by atoms with Gasteiger partial charge in [0.05, 0.1) is 27.9 Å². The third kappa shape index (κ3) is 4.03. The first-order valence-corrected chi connectivity index (χ1v) is 9.40. The van der Waals surface area contributed by atoms with Crippen molar-refractivity contribution in [3.05, 3.63) is 62.4 Å². The van der Waals surface area contributed by atoms with Gasteiger partial charge in [-0.25, -0.2) is 4.98 Å². The summed E-state index contributed by atoms with van der Waals surface area (Å²) in [7, 11) is 1.62. The molecule has 0 saturated heterocycles. The Bertz CT molecular complexity index is 943. The first-order chi connectivity index (χ1) is 12.0. The van der Waals surface area contributed by atoms with Crippen molar-refractivity contribution < 1.29 is 9.53 Å². The number of carbonyl (C=O) groups excluding carboxylic acids is 1. The molecule has 1 amide bonds. The number of aryl methyl sites for hydroxylation is 1. The number of thiazole rings is 1. The summed E-state index contributed by atoms with van der Waals surface area (Å²) in [6.45, 7) is 1.92. The van der Waals surface area contributed by atoms with E-state index in [1.807, 2.05) is 36.6 Å². The maximum Gasteiger partial charge on any atom is 0.258 e. The third-order valence-corrected chi connectivity index (χ3v) is 5.23. The van der Waals surface area contributed by atoms with Crippen LogP contribution in [-0.2, 0) is 0 Å². The molecule has 1 heterocycles. The Hall–Kier alpha value is -1.89. The maximum absolute atomic E-state index is 12.4. The summed E-state index contributed by atoms with van der Waals surface area (Å²) >= 11 is 11.0. The summed E-state index contributed by atoms with van der Waals surface area (Å²) in [4.78, 5) is 16.8. The highest BCUT2D eigenvalue weighted by molar-refractivity contribution is 9.10. The van der Waals surface area contributed by atoms with E-state index >= 15 is 0 Å². The van der Waals surface area contributed by atoms with Gasteiger partial charge in [-0.05, 0) is 58.7 Å². The lowest BCUT2D eigenvalue weighted by atomic mass is 10.1. The number of methoxy groups -OCH3 is 1. The molecule has 1 N–H and O–H groups in total. The molecule has 25 heavy (non-hydrogen) atoms. The quantitative estimate of drug-likeness (QED) is 0.561. The summed E-state index contributed by atoms with van der Waals surface area (Å²) in [5.41, 5.74) is 3.14. The van der Waals surface area contributed by atoms with Gasteiger partial charge < -0.3 is 4.74 Å². The van der Waals surface area contributed by atoms with Gasteiger partial charge in [0.1, 0.15) is 5.75 Å². The number of aromatic nitrogens is 1. The molecule has 0 aliphatic carbocycles. The van der Waals surface area contributed by atoms with Crippen molar-refractivity contribution in [1.82, 2.24) is 4.98 Å². The van der Waals surface area contributed by atoms with Crippen LogP contribution in [0.4, 0.5) is 5.13 Å². The predicted octanol–water partition coefficient (Wildman–Crippen LogP) is 5.80. The Kier molecular flexibility index (Phi) is 5.42. The fraction of sp³-hybridized carbons (Fsp3) is 0.111. The van der Waals surface area contributed by atoms with Crippen LogP contribution in [0.1, 0.15) is 15.9 Å². The van der Waals surface area contributed by atoms with Crippen LogP contribution in [-0.4, -0.2) is 18.0 Å². The fourth-order valence-corrected chi connectivity index (χ4v) is 3.83. The highest BCUT2D eigenvalue weighted by atomic mass is 79.9. The van der Waals surface area contributed by atoms with Crippen molar-refractivity contribution in [1.29, 1.82) is 0 Å². The second kappa shape index (κ2) is 7.56. The van der Waals surface area contributed by atoms with E-state index in [1.165, 1.54) is 11.3 Å². The molecule has 0 atom stereocenters. The molecule has 0 aliphatic heterocycles. The zero-order chi connectivity index (χ0) is 18.0. The van der Waals surface area contributed by atoms with Crippen molar-refractivity contribution in [2.75, 3.05) is 12.4 Å². The number of halogens is 2. The van der Waals surface area contributed by atoms with Crippen LogP contribution in [0, 0.1) is 6.92 Å². The molecule has 128 valence electrons. The highest BCUT2D eigenvalue weighted by Crippen LogP contribution is 2.32. The molecule has 0 saturated carbocycles. The molecular formula is C18H14BrClN2O2S. The Morgan fingerprint density at radius 3 is 2.76 bits per heavy atom. The number of ether oxygens (including phenoxy) is 1. The lowest BCUT2D eigenvalue weighted by Gasteiger charge is -2.05. The van der Waals surface area contributed by atoms with Gasteiger partial charge in [0.15, 0.2) is 5.13 Å². The van der Waals surface area contributed by atoms with Crippen LogP contribution in [0.15, 0.2) is 46.3 Å². The minimum absolute atomic E-state index is 0.276. The summed E-state index contributed by atoms with van der Waals surface area (Å²) in [6, 6.07) is 11.0. The van der Waals surface area contributed by atoms with Gasteiger partial charge in [0.2, 0.25) is 0 Å². The van der Waals surface area contributed by atoms with E-state index < -0.39 is 0 Å². The molecule has 7 heteroatoms. The molecular weight excluding hydrogens is 424 g/mol. The standard InChI is InChI=1S/C18H14BrClN2O2S/c1-10-3-5-12(14(20)7-10)17(23)22-18-21-15(9-25-18)11-4-6-16(24-2)13(19)8-11/h3-9H,1-2H3,(H,21,22,23). The van der Waals surface area contributed by atoms with Crippen molar-refractivity contribution in [3.8, 4) is 17.0 Å². The van der Waals surface area contributed by atoms with Gasteiger partial charge in [-0.3, -0.25) is 10.1 Å². The van der Waals surface area contributed by atoms with Gasteiger partial charge in [-0.15, -0.1) is 11.3 Å². The number of carbonyl (C=O) groups is 1. The van der Waals surface area contributed by atoms with Crippen LogP contribution < -0.4 is 10.1 Å². The number of rotatable bonds is 4. The second-order valence-corrected chi connectivity index (χ2v) is 7.44. The lowest BCUT2D eigenvalue weighted by Crippen LogP contribution is -2.12. The Labute approximate surface area is 162 Å². The van der Waals surface area contributed by atoms with E-state index in [-0.39, 0.29) is 5.91 Å². The van der Waals surface area contributed by atoms with Gasteiger partial charge in [-0.2, -0.15) is 0 Å². The van der Waals surface area contributed by atoms with Crippen LogP contribution in [0.5, 0.6) is 5.75 Å². The molecule has 0 radical (unpaired) electrons. The van der Waals surface area contributed by atoms with Crippen LogP contribution in [0.25, 0.3) is 11.3 Å². The topological polar surface area (TPSA) is 51.2 Å².